The van der Waals surface area contributed by atoms with E-state index in [4.69, 9.17) is 4.74 Å². The van der Waals surface area contributed by atoms with Crippen LogP contribution in [-0.2, 0) is 4.74 Å². The van der Waals surface area contributed by atoms with E-state index in [1.54, 1.807) is 37.3 Å². The Morgan fingerprint density at radius 2 is 1.45 bits per heavy atom. The third kappa shape index (κ3) is 5.45. The monoisotopic (exact) mass is 450 g/mol. The Labute approximate surface area is 193 Å². The summed E-state index contributed by atoms with van der Waals surface area (Å²) in [5, 5.41) is 5.57. The van der Waals surface area contributed by atoms with Crippen LogP contribution in [0.4, 0.5) is 21.9 Å². The number of anilines is 3. The standard InChI is InChI=1S/C25H30N4O4/c1-2-33-24(31)18-7-9-19(10-8-18)26-25(32)27-20-11-12-22(28-13-3-4-14-28)21(17-20)23(30)29-15-5-6-16-29/h7-12,17H,2-6,13-16H2,1H3,(H2,26,27,32). The van der Waals surface area contributed by atoms with Crippen molar-refractivity contribution in [2.45, 2.75) is 32.6 Å². The number of ether oxygens (including phenoxy) is 1. The SMILES string of the molecule is CCOC(=O)c1ccc(NC(=O)Nc2ccc(N3CCCC3)c(C(=O)N3CCCC3)c2)cc1. The fraction of sp³-hybridized carbons (Fsp3) is 0.400. The summed E-state index contributed by atoms with van der Waals surface area (Å²) in [6.07, 6.45) is 4.30. The molecule has 0 unspecified atom stereocenters. The smallest absolute Gasteiger partial charge is 0.338 e. The van der Waals surface area contributed by atoms with Crippen LogP contribution in [-0.4, -0.2) is 55.6 Å². The summed E-state index contributed by atoms with van der Waals surface area (Å²) in [7, 11) is 0. The molecule has 2 heterocycles. The van der Waals surface area contributed by atoms with Crippen molar-refractivity contribution in [2.24, 2.45) is 0 Å². The maximum atomic E-state index is 13.2. The maximum absolute atomic E-state index is 13.2. The summed E-state index contributed by atoms with van der Waals surface area (Å²) in [6.45, 7) is 5.49. The molecule has 4 rings (SSSR count). The van der Waals surface area contributed by atoms with Crippen LogP contribution in [0.15, 0.2) is 42.5 Å². The number of nitrogens with zero attached hydrogens (tertiary/aromatic N) is 2. The first-order chi connectivity index (χ1) is 16.0. The first kappa shape index (κ1) is 22.6. The number of hydrogen-bond acceptors (Lipinski definition) is 5. The number of urea groups is 1. The molecule has 2 aromatic carbocycles. The molecule has 174 valence electrons. The van der Waals surface area contributed by atoms with Crippen LogP contribution in [0.5, 0.6) is 0 Å². The molecule has 0 radical (unpaired) electrons. The minimum absolute atomic E-state index is 0.0213. The first-order valence-corrected chi connectivity index (χ1v) is 11.6. The Morgan fingerprint density at radius 3 is 2.12 bits per heavy atom. The molecule has 8 heteroatoms. The van der Waals surface area contributed by atoms with Crippen molar-refractivity contribution in [3.63, 3.8) is 0 Å². The summed E-state index contributed by atoms with van der Waals surface area (Å²) in [4.78, 5) is 41.7. The van der Waals surface area contributed by atoms with Gasteiger partial charge in [0.15, 0.2) is 0 Å². The van der Waals surface area contributed by atoms with E-state index >= 15 is 0 Å². The number of carbonyl (C=O) groups excluding carboxylic acids is 3. The molecule has 33 heavy (non-hydrogen) atoms. The van der Waals surface area contributed by atoms with E-state index in [1.165, 1.54) is 0 Å². The molecule has 0 atom stereocenters. The highest BCUT2D eigenvalue weighted by Gasteiger charge is 2.25. The topological polar surface area (TPSA) is 91.0 Å². The minimum atomic E-state index is -0.424. The zero-order chi connectivity index (χ0) is 23.2. The number of amides is 3. The summed E-state index contributed by atoms with van der Waals surface area (Å²) in [6, 6.07) is 11.6. The number of rotatable bonds is 6. The lowest BCUT2D eigenvalue weighted by Crippen LogP contribution is -2.30. The second-order valence-corrected chi connectivity index (χ2v) is 8.30. The summed E-state index contributed by atoms with van der Waals surface area (Å²) in [5.74, 6) is -0.380. The van der Waals surface area contributed by atoms with Crippen molar-refractivity contribution >= 4 is 35.0 Å². The van der Waals surface area contributed by atoms with Crippen molar-refractivity contribution in [3.8, 4) is 0 Å². The molecule has 0 aliphatic carbocycles. The highest BCUT2D eigenvalue weighted by Crippen LogP contribution is 2.29. The lowest BCUT2D eigenvalue weighted by atomic mass is 10.1. The predicted octanol–water partition coefficient (Wildman–Crippen LogP) is 4.34. The molecule has 2 aliphatic heterocycles. The van der Waals surface area contributed by atoms with Gasteiger partial charge in [-0.15, -0.1) is 0 Å². The lowest BCUT2D eigenvalue weighted by Gasteiger charge is -2.24. The number of likely N-dealkylation sites (tertiary alicyclic amines) is 1. The maximum Gasteiger partial charge on any atom is 0.338 e. The minimum Gasteiger partial charge on any atom is -0.462 e. The van der Waals surface area contributed by atoms with Crippen LogP contribution in [0, 0.1) is 0 Å². The molecule has 0 aromatic heterocycles. The average molecular weight is 451 g/mol. The van der Waals surface area contributed by atoms with Gasteiger partial charge >= 0.3 is 12.0 Å². The van der Waals surface area contributed by atoms with Crippen molar-refractivity contribution < 1.29 is 19.1 Å². The quantitative estimate of drug-likeness (QED) is 0.639. The van der Waals surface area contributed by atoms with Crippen molar-refractivity contribution in [1.82, 2.24) is 4.90 Å². The third-order valence-corrected chi connectivity index (χ3v) is 5.98. The van der Waals surface area contributed by atoms with Crippen LogP contribution in [0.2, 0.25) is 0 Å². The van der Waals surface area contributed by atoms with Gasteiger partial charge in [0.25, 0.3) is 5.91 Å². The van der Waals surface area contributed by atoms with Gasteiger partial charge < -0.3 is 25.2 Å². The van der Waals surface area contributed by atoms with E-state index in [1.807, 2.05) is 17.0 Å². The average Bonchev–Trinajstić information content (AvgIpc) is 3.54. The summed E-state index contributed by atoms with van der Waals surface area (Å²) in [5.41, 5.74) is 3.09. The Hall–Kier alpha value is -3.55. The highest BCUT2D eigenvalue weighted by molar-refractivity contribution is 6.04. The van der Waals surface area contributed by atoms with E-state index in [9.17, 15) is 14.4 Å². The van der Waals surface area contributed by atoms with E-state index in [2.05, 4.69) is 15.5 Å². The number of esters is 1. The van der Waals surface area contributed by atoms with Crippen molar-refractivity contribution in [2.75, 3.05) is 48.3 Å². The van der Waals surface area contributed by atoms with Crippen LogP contribution in [0.25, 0.3) is 0 Å². The van der Waals surface area contributed by atoms with Gasteiger partial charge in [-0.2, -0.15) is 0 Å². The number of nitrogens with one attached hydrogen (secondary N) is 2. The van der Waals surface area contributed by atoms with Crippen LogP contribution >= 0.6 is 0 Å². The van der Waals surface area contributed by atoms with Gasteiger partial charge in [-0.1, -0.05) is 0 Å². The van der Waals surface area contributed by atoms with Crippen molar-refractivity contribution in [3.05, 3.63) is 53.6 Å². The fourth-order valence-corrected chi connectivity index (χ4v) is 4.31. The largest absolute Gasteiger partial charge is 0.462 e. The second-order valence-electron chi connectivity index (χ2n) is 8.30. The van der Waals surface area contributed by atoms with E-state index in [0.717, 1.165) is 57.5 Å². The van der Waals surface area contributed by atoms with Crippen LogP contribution in [0.1, 0.15) is 53.3 Å². The van der Waals surface area contributed by atoms with Gasteiger partial charge in [0.05, 0.1) is 17.7 Å². The normalized spacial score (nSPS) is 15.4. The Morgan fingerprint density at radius 1 is 0.848 bits per heavy atom. The molecule has 2 aromatic rings. The molecule has 0 bridgehead atoms. The van der Waals surface area contributed by atoms with Gasteiger partial charge in [0.1, 0.15) is 0 Å². The molecule has 3 amide bonds. The molecule has 2 aliphatic rings. The fourth-order valence-electron chi connectivity index (χ4n) is 4.31. The van der Waals surface area contributed by atoms with Gasteiger partial charge in [0, 0.05) is 43.2 Å². The van der Waals surface area contributed by atoms with Crippen LogP contribution in [0.3, 0.4) is 0 Å². The van der Waals surface area contributed by atoms with Gasteiger partial charge in [-0.05, 0) is 75.1 Å². The molecule has 0 spiro atoms. The number of carbonyl (C=O) groups is 3. The number of hydrogen-bond donors (Lipinski definition) is 2. The Kier molecular flexibility index (Phi) is 7.12. The molecule has 2 fully saturated rings. The van der Waals surface area contributed by atoms with Gasteiger partial charge in [-0.3, -0.25) is 4.79 Å². The Bertz CT molecular complexity index is 1010. The van der Waals surface area contributed by atoms with Crippen molar-refractivity contribution in [1.29, 1.82) is 0 Å². The molecular formula is C25H30N4O4. The second kappa shape index (κ2) is 10.4. The van der Waals surface area contributed by atoms with E-state index in [0.29, 0.717) is 29.1 Å². The van der Waals surface area contributed by atoms with Gasteiger partial charge in [-0.25, -0.2) is 9.59 Å². The zero-order valence-corrected chi connectivity index (χ0v) is 18.9. The molecule has 2 saturated heterocycles. The molecule has 8 nitrogen and oxygen atoms in total. The van der Waals surface area contributed by atoms with E-state index < -0.39 is 12.0 Å². The van der Waals surface area contributed by atoms with E-state index in [-0.39, 0.29) is 5.91 Å². The zero-order valence-electron chi connectivity index (χ0n) is 18.9. The summed E-state index contributed by atoms with van der Waals surface area (Å²) < 4.78 is 4.97. The lowest BCUT2D eigenvalue weighted by molar-refractivity contribution is 0.0526. The predicted molar refractivity (Wildman–Crippen MR) is 128 cm³/mol. The third-order valence-electron chi connectivity index (χ3n) is 5.98. The number of benzene rings is 2. The van der Waals surface area contributed by atoms with Gasteiger partial charge in [0.2, 0.25) is 0 Å². The molecular weight excluding hydrogens is 420 g/mol. The molecule has 2 N–H and O–H groups in total. The van der Waals surface area contributed by atoms with Crippen LogP contribution < -0.4 is 15.5 Å². The molecule has 0 saturated carbocycles. The first-order valence-electron chi connectivity index (χ1n) is 11.6. The summed E-state index contributed by atoms with van der Waals surface area (Å²) >= 11 is 0. The highest BCUT2D eigenvalue weighted by atomic mass is 16.5. The Balaban J connectivity index is 1.47.